The van der Waals surface area contributed by atoms with Gasteiger partial charge in [0.05, 0.1) is 48.8 Å². The molecule has 97 heavy (non-hydrogen) atoms. The lowest BCUT2D eigenvalue weighted by molar-refractivity contribution is -0.148. The van der Waals surface area contributed by atoms with Crippen molar-refractivity contribution in [3.63, 3.8) is 0 Å². The summed E-state index contributed by atoms with van der Waals surface area (Å²) in [6.45, 7) is 18.5. The third-order valence-corrected chi connectivity index (χ3v) is 18.8. The molecule has 1 aliphatic carbocycles. The summed E-state index contributed by atoms with van der Waals surface area (Å²) in [5, 5.41) is 27.7. The van der Waals surface area contributed by atoms with Crippen LogP contribution in [0.4, 0.5) is 20.1 Å². The van der Waals surface area contributed by atoms with Gasteiger partial charge in [-0.05, 0) is 102 Å². The number of anilines is 1. The molecule has 0 aromatic heterocycles. The third-order valence-electron chi connectivity index (χ3n) is 18.8. The largest absolute Gasteiger partial charge is 0.449 e. The quantitative estimate of drug-likeness (QED) is 0.0206. The Kier molecular flexibility index (Phi) is 29.2. The first-order chi connectivity index (χ1) is 46.1. The molecule has 1 heterocycles. The van der Waals surface area contributed by atoms with Crippen molar-refractivity contribution in [1.29, 1.82) is 0 Å². The number of hydrogen-bond acceptors (Lipinski definition) is 14. The minimum Gasteiger partial charge on any atom is -0.449 e. The predicted molar refractivity (Wildman–Crippen MR) is 369 cm³/mol. The maximum absolute atomic E-state index is 14.8. The number of aliphatic hydroxyl groups excluding tert-OH is 1. The molecule has 0 unspecified atom stereocenters. The van der Waals surface area contributed by atoms with Crippen molar-refractivity contribution in [2.75, 3.05) is 53.3 Å². The molecule has 10 amide bonds. The third kappa shape index (κ3) is 20.5. The van der Waals surface area contributed by atoms with Gasteiger partial charge in [0.1, 0.15) is 37.4 Å². The van der Waals surface area contributed by atoms with Crippen LogP contribution < -0.4 is 37.6 Å². The maximum Gasteiger partial charge on any atom is 0.410 e. The van der Waals surface area contributed by atoms with Crippen molar-refractivity contribution >= 4 is 59.3 Å². The molecule has 4 aromatic rings. The summed E-state index contributed by atoms with van der Waals surface area (Å²) in [5.74, 6) is -5.11. The lowest BCUT2D eigenvalue weighted by Crippen LogP contribution is -2.60. The standard InChI is InChI=1S/C73H104N10O14/c1-15-45(8)63(58(94-13)39-59(84)83-38-24-32-57(83)65(95-14)46(9)66(86)76-47(10)64(85)49-25-17-16-18-26-49)81(11)70(90)61(43(4)5)79-69(89)62(44(6)7)82(12)73(93)97-40-48-33-35-50(36-34-48)77-67(87)56(31-23-37-75-71(74)91)78-68(88)60(42(2)3)80-72(92)96-41-55-53-29-21-19-27-51(53)52-28-20-22-30-54(52)55/h16-22,25-30,33-36,42-47,55-58,60-65,85H,15,23-24,31-32,37-41H2,1-14H3,(H,76,86)(H,77,87)(H,78,88)(H,79,89)(H,80,92)(H3,74,75,91)/t45-,46-,47-,56+,57+,58-,60+,61+,62+,63+,64-,65-/m1/s1. The number of ether oxygens (including phenoxy) is 4. The normalized spacial score (nSPS) is 16.9. The molecule has 0 spiro atoms. The molecule has 0 bridgehead atoms. The highest BCUT2D eigenvalue weighted by atomic mass is 16.6. The van der Waals surface area contributed by atoms with Gasteiger partial charge in [-0.15, -0.1) is 0 Å². The van der Waals surface area contributed by atoms with Crippen LogP contribution in [0, 0.1) is 29.6 Å². The molecule has 530 valence electrons. The molecule has 1 saturated heterocycles. The Morgan fingerprint density at radius 2 is 1.28 bits per heavy atom. The molecule has 0 radical (unpaired) electrons. The van der Waals surface area contributed by atoms with Gasteiger partial charge < -0.3 is 71.5 Å². The zero-order valence-corrected chi connectivity index (χ0v) is 58.8. The Bertz CT molecular complexity index is 3250. The van der Waals surface area contributed by atoms with E-state index in [1.165, 1.54) is 26.2 Å². The number of aliphatic hydroxyl groups is 1. The van der Waals surface area contributed by atoms with E-state index >= 15 is 0 Å². The molecule has 12 atom stereocenters. The van der Waals surface area contributed by atoms with Crippen molar-refractivity contribution in [3.8, 4) is 11.1 Å². The number of primary amides is 1. The summed E-state index contributed by atoms with van der Waals surface area (Å²) in [6.07, 6.45) is -1.84. The number of fused-ring (bicyclic) bond motifs is 3. The van der Waals surface area contributed by atoms with E-state index in [4.69, 9.17) is 24.7 Å². The number of rotatable bonds is 34. The van der Waals surface area contributed by atoms with Crippen molar-refractivity contribution < 1.29 is 67.2 Å². The Balaban J connectivity index is 1.04. The van der Waals surface area contributed by atoms with Crippen LogP contribution in [0.3, 0.4) is 0 Å². The first-order valence-corrected chi connectivity index (χ1v) is 33.8. The molecule has 9 N–H and O–H groups in total. The van der Waals surface area contributed by atoms with E-state index in [1.54, 1.807) is 109 Å². The fraction of sp³-hybridized carbons (Fsp3) is 0.548. The molecule has 6 rings (SSSR count). The number of carbonyl (C=O) groups excluding carboxylic acids is 9. The number of nitrogens with zero attached hydrogens (tertiary/aromatic N) is 3. The average molecular weight is 1350 g/mol. The SMILES string of the molecule is CC[C@@H](C)[C@@H]([C@@H](CC(=O)N1CCC[C@H]1[C@H](OC)[C@@H](C)C(=O)N[C@H](C)[C@@H](O)c1ccccc1)OC)N(C)C(=O)[C@@H](NC(=O)[C@H](C(C)C)N(C)C(=O)OCc1ccc(NC(=O)[C@H](CCCNC(N)=O)NC(=O)[C@@H](NC(=O)OCC2c3ccccc3-c3ccccc32)C(C)C)cc1)C(C)C. The number of alkyl carbamates (subject to hydrolysis) is 1. The number of amides is 10. The monoisotopic (exact) mass is 1340 g/mol. The Morgan fingerprint density at radius 3 is 1.85 bits per heavy atom. The number of methoxy groups -OCH3 is 2. The first-order valence-electron chi connectivity index (χ1n) is 33.8. The molecule has 24 nitrogen and oxygen atoms in total. The summed E-state index contributed by atoms with van der Waals surface area (Å²) >= 11 is 0. The predicted octanol–water partition coefficient (Wildman–Crippen LogP) is 8.01. The lowest BCUT2D eigenvalue weighted by Gasteiger charge is -2.41. The summed E-state index contributed by atoms with van der Waals surface area (Å²) < 4.78 is 23.5. The molecule has 1 aliphatic heterocycles. The number of likely N-dealkylation sites (tertiary alicyclic amines) is 1. The highest BCUT2D eigenvalue weighted by Crippen LogP contribution is 2.44. The van der Waals surface area contributed by atoms with Crippen LogP contribution in [0.25, 0.3) is 11.1 Å². The van der Waals surface area contributed by atoms with Gasteiger partial charge in [0.25, 0.3) is 0 Å². The minimum atomic E-state index is -1.13. The summed E-state index contributed by atoms with van der Waals surface area (Å²) in [7, 11) is 6.10. The van der Waals surface area contributed by atoms with E-state index in [0.717, 1.165) is 22.3 Å². The lowest BCUT2D eigenvalue weighted by atomic mass is 9.89. The number of carbonyl (C=O) groups is 9. The second-order valence-corrected chi connectivity index (χ2v) is 26.7. The van der Waals surface area contributed by atoms with Crippen LogP contribution in [0.1, 0.15) is 142 Å². The number of likely N-dealkylation sites (N-methyl/N-ethyl adjacent to an activating group) is 2. The molecular formula is C73H104N10O14. The van der Waals surface area contributed by atoms with Crippen LogP contribution in [0.5, 0.6) is 0 Å². The van der Waals surface area contributed by atoms with Crippen LogP contribution in [-0.2, 0) is 54.3 Å². The Labute approximate surface area is 571 Å². The molecule has 1 fully saturated rings. The fourth-order valence-corrected chi connectivity index (χ4v) is 13.2. The van der Waals surface area contributed by atoms with E-state index in [0.29, 0.717) is 42.6 Å². The smallest absolute Gasteiger partial charge is 0.410 e. The van der Waals surface area contributed by atoms with Gasteiger partial charge in [-0.3, -0.25) is 33.7 Å². The van der Waals surface area contributed by atoms with E-state index < -0.39 is 126 Å². The second-order valence-electron chi connectivity index (χ2n) is 26.7. The zero-order valence-electron chi connectivity index (χ0n) is 58.8. The van der Waals surface area contributed by atoms with Crippen LogP contribution in [0.15, 0.2) is 103 Å². The number of nitrogens with one attached hydrogen (secondary N) is 6. The van der Waals surface area contributed by atoms with Gasteiger partial charge in [-0.25, -0.2) is 14.4 Å². The van der Waals surface area contributed by atoms with Crippen molar-refractivity contribution in [2.45, 2.75) is 181 Å². The average Bonchev–Trinajstić information content (AvgIpc) is 1.62. The number of benzene rings is 4. The van der Waals surface area contributed by atoms with Crippen LogP contribution in [-0.4, -0.2) is 176 Å². The first kappa shape index (κ1) is 77.4. The Morgan fingerprint density at radius 1 is 0.670 bits per heavy atom. The van der Waals surface area contributed by atoms with E-state index in [9.17, 15) is 48.3 Å². The topological polar surface area (TPSA) is 319 Å². The minimum absolute atomic E-state index is 0.0320. The molecule has 0 saturated carbocycles. The van der Waals surface area contributed by atoms with Crippen molar-refractivity contribution in [1.82, 2.24) is 41.3 Å². The number of hydrogen-bond donors (Lipinski definition) is 8. The fourth-order valence-electron chi connectivity index (χ4n) is 13.2. The summed E-state index contributed by atoms with van der Waals surface area (Å²) in [5.41, 5.74) is 11.0. The van der Waals surface area contributed by atoms with E-state index in [2.05, 4.69) is 31.9 Å². The van der Waals surface area contributed by atoms with Gasteiger partial charge >= 0.3 is 18.2 Å². The summed E-state index contributed by atoms with van der Waals surface area (Å²) in [6, 6.07) is 24.6. The van der Waals surface area contributed by atoms with Crippen LogP contribution in [0.2, 0.25) is 0 Å². The van der Waals surface area contributed by atoms with Crippen molar-refractivity contribution in [2.24, 2.45) is 35.3 Å². The van der Waals surface area contributed by atoms with Gasteiger partial charge in [-0.1, -0.05) is 160 Å². The molecule has 2 aliphatic rings. The van der Waals surface area contributed by atoms with Crippen molar-refractivity contribution in [3.05, 3.63) is 125 Å². The highest BCUT2D eigenvalue weighted by molar-refractivity contribution is 5.98. The van der Waals surface area contributed by atoms with Gasteiger partial charge in [-0.2, -0.15) is 0 Å². The molecule has 24 heteroatoms. The van der Waals surface area contributed by atoms with E-state index in [-0.39, 0.29) is 62.7 Å². The molecule has 4 aromatic carbocycles. The van der Waals surface area contributed by atoms with Gasteiger partial charge in [0.15, 0.2) is 0 Å². The number of urea groups is 1. The highest BCUT2D eigenvalue weighted by Gasteiger charge is 2.44. The van der Waals surface area contributed by atoms with E-state index in [1.807, 2.05) is 80.6 Å². The zero-order chi connectivity index (χ0) is 71.4. The molecular weight excluding hydrogens is 1240 g/mol. The van der Waals surface area contributed by atoms with Gasteiger partial charge in [0, 0.05) is 53.0 Å². The Hall–Kier alpha value is -8.61. The summed E-state index contributed by atoms with van der Waals surface area (Å²) in [4.78, 5) is 129. The number of nitrogens with two attached hydrogens (primary N) is 1. The second kappa shape index (κ2) is 36.7. The van der Waals surface area contributed by atoms with Crippen LogP contribution >= 0.6 is 0 Å². The maximum atomic E-state index is 14.8. The van der Waals surface area contributed by atoms with Gasteiger partial charge in [0.2, 0.25) is 35.4 Å².